The lowest BCUT2D eigenvalue weighted by molar-refractivity contribution is 0.103. The molecule has 1 aromatic heterocycles. The normalized spacial score (nSPS) is 10.9. The number of rotatable bonds is 9. The maximum atomic E-state index is 12.4. The largest absolute Gasteiger partial charge is 0.497 e. The second-order valence-electron chi connectivity index (χ2n) is 6.27. The Morgan fingerprint density at radius 2 is 1.79 bits per heavy atom. The van der Waals surface area contributed by atoms with Crippen molar-refractivity contribution in [1.82, 2.24) is 9.78 Å². The molecule has 0 aliphatic rings. The van der Waals surface area contributed by atoms with E-state index < -0.39 is 0 Å². The predicted molar refractivity (Wildman–Crippen MR) is 112 cm³/mol. The Morgan fingerprint density at radius 1 is 1.03 bits per heavy atom. The third kappa shape index (κ3) is 5.04. The Bertz CT molecular complexity index is 990. The van der Waals surface area contributed by atoms with E-state index in [1.54, 1.807) is 43.3 Å². The van der Waals surface area contributed by atoms with Crippen molar-refractivity contribution in [3.63, 3.8) is 0 Å². The summed E-state index contributed by atoms with van der Waals surface area (Å²) in [5, 5.41) is 4.13. The second kappa shape index (κ2) is 9.59. The van der Waals surface area contributed by atoms with Crippen molar-refractivity contribution < 1.29 is 19.0 Å². The van der Waals surface area contributed by atoms with Crippen LogP contribution in [0.2, 0.25) is 0 Å². The third-order valence-electron chi connectivity index (χ3n) is 4.45. The maximum absolute atomic E-state index is 12.4. The summed E-state index contributed by atoms with van der Waals surface area (Å²) in [7, 11) is 3.25. The number of ketones is 1. The number of methoxy groups -OCH3 is 2. The van der Waals surface area contributed by atoms with Gasteiger partial charge in [0.1, 0.15) is 29.5 Å². The molecule has 6 heteroatoms. The van der Waals surface area contributed by atoms with E-state index in [2.05, 4.69) is 5.10 Å². The summed E-state index contributed by atoms with van der Waals surface area (Å²) in [6.07, 6.45) is 4.97. The number of carbonyl (C=O) groups excluding carboxylic acids is 1. The molecule has 3 rings (SSSR count). The van der Waals surface area contributed by atoms with Crippen LogP contribution in [0.3, 0.4) is 0 Å². The van der Waals surface area contributed by atoms with Gasteiger partial charge >= 0.3 is 0 Å². The van der Waals surface area contributed by atoms with Gasteiger partial charge in [-0.2, -0.15) is 5.10 Å². The number of allylic oxidation sites excluding steroid dienone is 1. The van der Waals surface area contributed by atoms with Crippen LogP contribution in [0, 0.1) is 0 Å². The standard InChI is InChI=1S/C23H24N2O4/c1-4-25-21(13-14-24-25)22(26)11-5-17-6-12-23(28-3)18(15-17)16-29-20-9-7-19(27-2)8-10-20/h5-15H,4,16H2,1-3H3/b11-5+. The van der Waals surface area contributed by atoms with Crippen LogP contribution >= 0.6 is 0 Å². The monoisotopic (exact) mass is 392 g/mol. The minimum Gasteiger partial charge on any atom is -0.497 e. The first-order valence-electron chi connectivity index (χ1n) is 9.32. The van der Waals surface area contributed by atoms with Crippen LogP contribution in [0.4, 0.5) is 0 Å². The highest BCUT2D eigenvalue weighted by Gasteiger charge is 2.09. The van der Waals surface area contributed by atoms with E-state index in [0.717, 1.165) is 28.4 Å². The van der Waals surface area contributed by atoms with E-state index in [4.69, 9.17) is 14.2 Å². The Morgan fingerprint density at radius 3 is 2.48 bits per heavy atom. The van der Waals surface area contributed by atoms with E-state index in [0.29, 0.717) is 18.8 Å². The molecule has 0 atom stereocenters. The third-order valence-corrected chi connectivity index (χ3v) is 4.45. The van der Waals surface area contributed by atoms with Gasteiger partial charge in [-0.1, -0.05) is 12.1 Å². The molecule has 0 amide bonds. The first kappa shape index (κ1) is 20.2. The number of nitrogens with zero attached hydrogens (tertiary/aromatic N) is 2. The highest BCUT2D eigenvalue weighted by atomic mass is 16.5. The molecule has 0 radical (unpaired) electrons. The van der Waals surface area contributed by atoms with Crippen LogP contribution in [-0.2, 0) is 13.2 Å². The first-order valence-corrected chi connectivity index (χ1v) is 9.32. The molecular weight excluding hydrogens is 368 g/mol. The fourth-order valence-electron chi connectivity index (χ4n) is 2.90. The minimum absolute atomic E-state index is 0.0869. The lowest BCUT2D eigenvalue weighted by atomic mass is 10.1. The van der Waals surface area contributed by atoms with Crippen molar-refractivity contribution >= 4 is 11.9 Å². The summed E-state index contributed by atoms with van der Waals surface area (Å²) in [6, 6.07) is 14.8. The first-order chi connectivity index (χ1) is 14.1. The van der Waals surface area contributed by atoms with Gasteiger partial charge in [0, 0.05) is 18.3 Å². The lowest BCUT2D eigenvalue weighted by Gasteiger charge is -2.11. The molecule has 0 bridgehead atoms. The number of aromatic nitrogens is 2. The molecule has 0 saturated carbocycles. The molecule has 6 nitrogen and oxygen atoms in total. The molecule has 0 N–H and O–H groups in total. The number of hydrogen-bond donors (Lipinski definition) is 0. The van der Waals surface area contributed by atoms with Gasteiger partial charge in [0.15, 0.2) is 0 Å². The predicted octanol–water partition coefficient (Wildman–Crippen LogP) is 4.40. The molecule has 29 heavy (non-hydrogen) atoms. The molecule has 0 fully saturated rings. The average Bonchev–Trinajstić information content (AvgIpc) is 3.25. The zero-order valence-electron chi connectivity index (χ0n) is 16.8. The Hall–Kier alpha value is -3.54. The van der Waals surface area contributed by atoms with Gasteiger partial charge in [-0.3, -0.25) is 9.48 Å². The van der Waals surface area contributed by atoms with Crippen LogP contribution in [0.1, 0.15) is 28.5 Å². The van der Waals surface area contributed by atoms with E-state index >= 15 is 0 Å². The van der Waals surface area contributed by atoms with E-state index in [9.17, 15) is 4.79 Å². The van der Waals surface area contributed by atoms with Crippen molar-refractivity contribution in [2.75, 3.05) is 14.2 Å². The molecule has 2 aromatic carbocycles. The molecule has 0 saturated heterocycles. The molecule has 0 aliphatic carbocycles. The minimum atomic E-state index is -0.0869. The summed E-state index contributed by atoms with van der Waals surface area (Å²) >= 11 is 0. The molecule has 0 spiro atoms. The van der Waals surface area contributed by atoms with E-state index in [-0.39, 0.29) is 5.78 Å². The van der Waals surface area contributed by atoms with Crippen molar-refractivity contribution in [3.8, 4) is 17.2 Å². The summed E-state index contributed by atoms with van der Waals surface area (Å²) in [5.74, 6) is 2.15. The van der Waals surface area contributed by atoms with Crippen LogP contribution in [-0.4, -0.2) is 29.8 Å². The van der Waals surface area contributed by atoms with Gasteiger partial charge in [-0.15, -0.1) is 0 Å². The van der Waals surface area contributed by atoms with Crippen molar-refractivity contribution in [1.29, 1.82) is 0 Å². The fourth-order valence-corrected chi connectivity index (χ4v) is 2.90. The van der Waals surface area contributed by atoms with Crippen molar-refractivity contribution in [2.24, 2.45) is 0 Å². The second-order valence-corrected chi connectivity index (χ2v) is 6.27. The molecule has 0 unspecified atom stereocenters. The zero-order chi connectivity index (χ0) is 20.6. The van der Waals surface area contributed by atoms with Crippen LogP contribution < -0.4 is 14.2 Å². The summed E-state index contributed by atoms with van der Waals surface area (Å²) in [4.78, 5) is 12.4. The van der Waals surface area contributed by atoms with Crippen LogP contribution in [0.15, 0.2) is 60.8 Å². The lowest BCUT2D eigenvalue weighted by Crippen LogP contribution is -2.07. The fraction of sp³-hybridized carbons (Fsp3) is 0.217. The number of hydrogen-bond acceptors (Lipinski definition) is 5. The number of carbonyl (C=O) groups is 1. The Labute approximate surface area is 170 Å². The van der Waals surface area contributed by atoms with E-state index in [1.807, 2.05) is 49.4 Å². The topological polar surface area (TPSA) is 62.6 Å². The van der Waals surface area contributed by atoms with Gasteiger partial charge in [-0.05, 0) is 61.0 Å². The Balaban J connectivity index is 1.73. The average molecular weight is 392 g/mol. The van der Waals surface area contributed by atoms with Gasteiger partial charge in [-0.25, -0.2) is 0 Å². The molecule has 3 aromatic rings. The van der Waals surface area contributed by atoms with Crippen LogP contribution in [0.5, 0.6) is 17.2 Å². The molecule has 150 valence electrons. The zero-order valence-corrected chi connectivity index (χ0v) is 16.8. The van der Waals surface area contributed by atoms with Gasteiger partial charge in [0.25, 0.3) is 0 Å². The highest BCUT2D eigenvalue weighted by Crippen LogP contribution is 2.24. The molecule has 1 heterocycles. The maximum Gasteiger partial charge on any atom is 0.203 e. The van der Waals surface area contributed by atoms with Gasteiger partial charge in [0.05, 0.1) is 14.2 Å². The molecule has 0 aliphatic heterocycles. The summed E-state index contributed by atoms with van der Waals surface area (Å²) in [5.41, 5.74) is 2.34. The summed E-state index contributed by atoms with van der Waals surface area (Å²) < 4.78 is 18.1. The van der Waals surface area contributed by atoms with Gasteiger partial charge in [0.2, 0.25) is 5.78 Å². The number of ether oxygens (including phenoxy) is 3. The SMILES string of the molecule is CCn1nccc1C(=O)/C=C/c1ccc(OC)c(COc2ccc(OC)cc2)c1. The van der Waals surface area contributed by atoms with Crippen LogP contribution in [0.25, 0.3) is 6.08 Å². The quantitative estimate of drug-likeness (QED) is 0.399. The smallest absolute Gasteiger partial charge is 0.203 e. The van der Waals surface area contributed by atoms with Crippen molar-refractivity contribution in [2.45, 2.75) is 20.1 Å². The van der Waals surface area contributed by atoms with Crippen molar-refractivity contribution in [3.05, 3.63) is 77.6 Å². The summed E-state index contributed by atoms with van der Waals surface area (Å²) in [6.45, 7) is 2.94. The number of benzene rings is 2. The molecular formula is C23H24N2O4. The Kier molecular flexibility index (Phi) is 6.68. The number of aryl methyl sites for hydroxylation is 1. The van der Waals surface area contributed by atoms with Gasteiger partial charge < -0.3 is 14.2 Å². The highest BCUT2D eigenvalue weighted by molar-refractivity contribution is 6.05. The van der Waals surface area contributed by atoms with E-state index in [1.165, 1.54) is 0 Å².